The molecule has 7 nitrogen and oxygen atoms in total. The molecule has 0 atom stereocenters. The number of anilines is 6. The number of nitrogens with zero attached hydrogens (tertiary/aromatic N) is 7. The normalized spacial score (nSPS) is 12.8. The monoisotopic (exact) mass is 1370 g/mol. The van der Waals surface area contributed by atoms with Gasteiger partial charge in [0.25, 0.3) is 6.71 Å². The smallest absolute Gasteiger partial charge is 0.252 e. The molecule has 0 fully saturated rings. The summed E-state index contributed by atoms with van der Waals surface area (Å²) in [6.45, 7) is 36.2. The summed E-state index contributed by atoms with van der Waals surface area (Å²) in [7, 11) is 0. The average Bonchev–Trinajstić information content (AvgIpc) is 0.773. The predicted molar refractivity (Wildman–Crippen MR) is 447 cm³/mol. The van der Waals surface area contributed by atoms with Gasteiger partial charge in [0.2, 0.25) is 0 Å². The third kappa shape index (κ3) is 12.0. The van der Waals surface area contributed by atoms with Crippen LogP contribution in [0, 0.1) is 6.57 Å². The Morgan fingerprint density at radius 1 is 0.292 bits per heavy atom. The molecule has 13 aromatic carbocycles. The highest BCUT2D eigenvalue weighted by Crippen LogP contribution is 2.50. The van der Waals surface area contributed by atoms with Gasteiger partial charge in [-0.2, -0.15) is 0 Å². The molecule has 0 amide bonds. The Morgan fingerprint density at radius 2 is 0.642 bits per heavy atom. The zero-order valence-corrected chi connectivity index (χ0v) is 62.4. The lowest BCUT2D eigenvalue weighted by Crippen LogP contribution is -2.61. The summed E-state index contributed by atoms with van der Waals surface area (Å²) >= 11 is 0. The molecule has 0 N–H and O–H groups in total. The number of benzene rings is 13. The summed E-state index contributed by atoms with van der Waals surface area (Å²) in [6, 6.07) is 107. The molecular formula is C98H84BN7. The zero-order chi connectivity index (χ0) is 73.1. The third-order valence-corrected chi connectivity index (χ3v) is 21.6. The molecule has 514 valence electrons. The molecule has 0 unspecified atom stereocenters. The van der Waals surface area contributed by atoms with Gasteiger partial charge in [-0.25, -0.2) is 19.8 Å². The molecule has 0 bridgehead atoms. The number of rotatable bonds is 10. The van der Waals surface area contributed by atoms with Gasteiger partial charge in [-0.15, -0.1) is 0 Å². The van der Waals surface area contributed by atoms with E-state index in [9.17, 15) is 0 Å². The number of para-hydroxylation sites is 2. The van der Waals surface area contributed by atoms with Gasteiger partial charge >= 0.3 is 0 Å². The second-order valence-electron chi connectivity index (χ2n) is 32.9. The highest BCUT2D eigenvalue weighted by Gasteiger charge is 2.44. The van der Waals surface area contributed by atoms with Crippen molar-refractivity contribution in [3.05, 3.63) is 325 Å². The van der Waals surface area contributed by atoms with Crippen LogP contribution in [0.3, 0.4) is 0 Å². The van der Waals surface area contributed by atoms with Crippen LogP contribution < -0.4 is 26.2 Å². The quantitative estimate of drug-likeness (QED) is 0.101. The van der Waals surface area contributed by atoms with Crippen LogP contribution in [0.15, 0.2) is 291 Å². The molecule has 0 saturated carbocycles. The summed E-state index contributed by atoms with van der Waals surface area (Å²) in [5.41, 5.74) is 30.3. The van der Waals surface area contributed by atoms with Gasteiger partial charge in [0.05, 0.1) is 23.3 Å². The van der Waals surface area contributed by atoms with Gasteiger partial charge in [0.1, 0.15) is 0 Å². The molecular weight excluding hydrogens is 1290 g/mol. The minimum Gasteiger partial charge on any atom is -0.311 e. The number of fused-ring (bicyclic) bond motifs is 7. The highest BCUT2D eigenvalue weighted by molar-refractivity contribution is 7.00. The van der Waals surface area contributed by atoms with Crippen LogP contribution in [0.5, 0.6) is 0 Å². The van der Waals surface area contributed by atoms with E-state index < -0.39 is 0 Å². The molecule has 106 heavy (non-hydrogen) atoms. The first-order valence-corrected chi connectivity index (χ1v) is 37.0. The lowest BCUT2D eigenvalue weighted by molar-refractivity contribution is 0.568. The van der Waals surface area contributed by atoms with Crippen LogP contribution in [0.25, 0.3) is 111 Å². The summed E-state index contributed by atoms with van der Waals surface area (Å²) in [5.74, 6) is 1.56. The number of hydrogen-bond donors (Lipinski definition) is 0. The van der Waals surface area contributed by atoms with Gasteiger partial charge < -0.3 is 14.4 Å². The van der Waals surface area contributed by atoms with E-state index in [1.54, 1.807) is 0 Å². The van der Waals surface area contributed by atoms with Crippen LogP contribution in [0.2, 0.25) is 0 Å². The Bertz CT molecular complexity index is 5690. The van der Waals surface area contributed by atoms with Crippen molar-refractivity contribution < 1.29 is 0 Å². The van der Waals surface area contributed by atoms with Crippen molar-refractivity contribution in [1.82, 2.24) is 19.5 Å². The van der Waals surface area contributed by atoms with Gasteiger partial charge in [0, 0.05) is 61.6 Å². The second-order valence-corrected chi connectivity index (χ2v) is 32.9. The van der Waals surface area contributed by atoms with E-state index in [1.165, 1.54) is 60.9 Å². The molecule has 2 aromatic heterocycles. The average molecular weight is 1370 g/mol. The minimum atomic E-state index is -0.151. The molecule has 0 saturated heterocycles. The first-order valence-electron chi connectivity index (χ1n) is 37.0. The van der Waals surface area contributed by atoms with Crippen LogP contribution in [0.1, 0.15) is 105 Å². The summed E-state index contributed by atoms with van der Waals surface area (Å²) in [4.78, 5) is 24.8. The van der Waals surface area contributed by atoms with Gasteiger partial charge in [0.15, 0.2) is 23.2 Å². The van der Waals surface area contributed by atoms with Gasteiger partial charge in [-0.3, -0.25) is 0 Å². The summed E-state index contributed by atoms with van der Waals surface area (Å²) < 4.78 is 2.35. The molecule has 0 radical (unpaired) electrons. The van der Waals surface area contributed by atoms with Crippen LogP contribution >= 0.6 is 0 Å². The molecule has 2 aliphatic heterocycles. The van der Waals surface area contributed by atoms with Gasteiger partial charge in [-0.05, 0) is 190 Å². The number of hydrogen-bond acceptors (Lipinski definition) is 5. The Hall–Kier alpha value is -12.2. The van der Waals surface area contributed by atoms with Crippen molar-refractivity contribution in [1.29, 1.82) is 0 Å². The van der Waals surface area contributed by atoms with E-state index in [4.69, 9.17) is 21.5 Å². The minimum absolute atomic E-state index is 0.0746. The molecule has 2 aliphatic rings. The largest absolute Gasteiger partial charge is 0.311 e. The third-order valence-electron chi connectivity index (χ3n) is 21.6. The Labute approximate surface area is 624 Å². The Balaban J connectivity index is 0.942. The van der Waals surface area contributed by atoms with E-state index in [-0.39, 0.29) is 28.4 Å². The second kappa shape index (κ2) is 25.6. The maximum Gasteiger partial charge on any atom is 0.252 e. The fraction of sp³-hybridized carbons (Fsp3) is 0.163. The molecule has 4 heterocycles. The van der Waals surface area contributed by atoms with E-state index >= 15 is 0 Å². The predicted octanol–water partition coefficient (Wildman–Crippen LogP) is 24.5. The standard InChI is InChI=1S/C98H84BN7/c1-95(2,3)72-49-69(50-73(59-72)96(4,5)6)67-39-44-82-87(55-67)104(77-35-25-17-26-36-77)89-57-71(58-90-91(89)99(82)83-45-40-68(56-88(83)105(90)78-37-27-18-28-38-78)70-51-74(97(7,8)9)60-75(52-70)98(10,11)12)66-42-47-85-80(54-66)79-53-65(62-29-19-14-20-30-62)41-46-84(79)106(85)86-48-43-76(100-13)61-81(86)94-102-92(63-31-21-15-22-32-63)101-93(103-94)64-33-23-16-24-34-64/h14-61H,1-12H3. The van der Waals surface area contributed by atoms with Crippen molar-refractivity contribution in [2.45, 2.75) is 105 Å². The molecule has 0 aliphatic carbocycles. The van der Waals surface area contributed by atoms with Crippen molar-refractivity contribution in [3.63, 3.8) is 0 Å². The lowest BCUT2D eigenvalue weighted by atomic mass is 9.33. The first-order chi connectivity index (χ1) is 51.0. The van der Waals surface area contributed by atoms with E-state index in [0.717, 1.165) is 95.0 Å². The lowest BCUT2D eigenvalue weighted by Gasteiger charge is -2.44. The molecule has 17 rings (SSSR count). The fourth-order valence-corrected chi connectivity index (χ4v) is 15.7. The topological polar surface area (TPSA) is 54.4 Å². The summed E-state index contributed by atoms with van der Waals surface area (Å²) in [5, 5.41) is 2.16. The van der Waals surface area contributed by atoms with Crippen LogP contribution in [-0.2, 0) is 21.7 Å². The Morgan fingerprint density at radius 3 is 1.05 bits per heavy atom. The SMILES string of the molecule is [C-]#[N+]c1ccc(-n2c3ccc(-c4ccccc4)cc3c3cc(-c4cc5c6c(c4)N(c4ccccc4)c4cc(-c7cc(C(C)(C)C)cc(C(C)(C)C)c7)ccc4B6c4ccc(-c6cc(C(C)(C)C)cc(C(C)(C)C)c6)cc4N5c4ccccc4)ccc32)c(-c2nc(-c3ccccc3)nc(-c3ccccc3)n2)c1. The maximum atomic E-state index is 8.42. The zero-order valence-electron chi connectivity index (χ0n) is 62.4. The van der Waals surface area contributed by atoms with Crippen LogP contribution in [-0.4, -0.2) is 26.2 Å². The first kappa shape index (κ1) is 67.0. The van der Waals surface area contributed by atoms with Crippen molar-refractivity contribution in [2.75, 3.05) is 9.80 Å². The van der Waals surface area contributed by atoms with E-state index in [0.29, 0.717) is 28.7 Å². The summed E-state index contributed by atoms with van der Waals surface area (Å²) in [6.07, 6.45) is 0. The maximum absolute atomic E-state index is 8.42. The van der Waals surface area contributed by atoms with Crippen molar-refractivity contribution in [2.24, 2.45) is 0 Å². The highest BCUT2D eigenvalue weighted by atomic mass is 15.2. The molecule has 8 heteroatoms. The number of aromatic nitrogens is 4. The Kier molecular flexibility index (Phi) is 16.2. The van der Waals surface area contributed by atoms with Crippen LogP contribution in [0.4, 0.5) is 39.8 Å². The molecule has 15 aromatic rings. The van der Waals surface area contributed by atoms with E-state index in [2.05, 4.69) is 321 Å². The molecule has 0 spiro atoms. The van der Waals surface area contributed by atoms with E-state index in [1.807, 2.05) is 72.8 Å². The fourth-order valence-electron chi connectivity index (χ4n) is 15.7. The van der Waals surface area contributed by atoms with Crippen molar-refractivity contribution in [3.8, 4) is 84.4 Å². The van der Waals surface area contributed by atoms with Gasteiger partial charge in [-0.1, -0.05) is 289 Å². The van der Waals surface area contributed by atoms with Crippen molar-refractivity contribution >= 4 is 84.7 Å².